The van der Waals surface area contributed by atoms with E-state index in [0.29, 0.717) is 17.9 Å². The maximum atomic E-state index is 11.9. The molecule has 0 saturated heterocycles. The van der Waals surface area contributed by atoms with Crippen molar-refractivity contribution >= 4 is 17.5 Å². The van der Waals surface area contributed by atoms with Gasteiger partial charge in [-0.15, -0.1) is 0 Å². The van der Waals surface area contributed by atoms with Gasteiger partial charge in [-0.3, -0.25) is 9.59 Å². The lowest BCUT2D eigenvalue weighted by molar-refractivity contribution is -0.123. The van der Waals surface area contributed by atoms with E-state index in [0.717, 1.165) is 11.3 Å². The zero-order valence-electron chi connectivity index (χ0n) is 14.8. The van der Waals surface area contributed by atoms with E-state index in [9.17, 15) is 9.59 Å². The Kier molecular flexibility index (Phi) is 6.75. The molecule has 0 unspecified atom stereocenters. The first-order chi connectivity index (χ1) is 12.5. The van der Waals surface area contributed by atoms with Gasteiger partial charge in [0.05, 0.1) is 11.6 Å². The van der Waals surface area contributed by atoms with Crippen LogP contribution in [0, 0.1) is 17.2 Å². The Morgan fingerprint density at radius 1 is 1.08 bits per heavy atom. The highest BCUT2D eigenvalue weighted by molar-refractivity contribution is 5.92. The summed E-state index contributed by atoms with van der Waals surface area (Å²) in [4.78, 5) is 23.5. The lowest BCUT2D eigenvalue weighted by Gasteiger charge is -2.10. The van der Waals surface area contributed by atoms with E-state index in [1.165, 1.54) is 0 Å². The Labute approximate surface area is 152 Å². The fourth-order valence-electron chi connectivity index (χ4n) is 2.02. The molecular formula is C20H21N3O3. The number of benzene rings is 2. The zero-order chi connectivity index (χ0) is 18.9. The van der Waals surface area contributed by atoms with E-state index in [4.69, 9.17) is 10.00 Å². The van der Waals surface area contributed by atoms with Gasteiger partial charge in [-0.1, -0.05) is 26.0 Å². The van der Waals surface area contributed by atoms with Crippen molar-refractivity contribution < 1.29 is 14.3 Å². The molecule has 0 saturated carbocycles. The Hall–Kier alpha value is -3.33. The minimum Gasteiger partial charge on any atom is -0.484 e. The van der Waals surface area contributed by atoms with Crippen LogP contribution in [0.15, 0.2) is 48.5 Å². The van der Waals surface area contributed by atoms with Crippen molar-refractivity contribution in [3.05, 3.63) is 59.7 Å². The zero-order valence-corrected chi connectivity index (χ0v) is 14.8. The first-order valence-corrected chi connectivity index (χ1v) is 8.27. The molecule has 0 heterocycles. The van der Waals surface area contributed by atoms with E-state index in [1.807, 2.05) is 32.0 Å². The number of carbonyl (C=O) groups excluding carboxylic acids is 2. The second kappa shape index (κ2) is 9.23. The van der Waals surface area contributed by atoms with E-state index in [2.05, 4.69) is 10.6 Å². The summed E-state index contributed by atoms with van der Waals surface area (Å²) in [5.41, 5.74) is 2.18. The summed E-state index contributed by atoms with van der Waals surface area (Å²) in [5.74, 6) is 0.173. The SMILES string of the molecule is CC(C)C(=O)Nc1ccc(CNC(=O)COc2ccc(C#N)cc2)cc1. The number of ether oxygens (including phenoxy) is 1. The summed E-state index contributed by atoms with van der Waals surface area (Å²) in [7, 11) is 0. The van der Waals surface area contributed by atoms with Crippen LogP contribution in [-0.2, 0) is 16.1 Å². The maximum absolute atomic E-state index is 11.9. The first kappa shape index (κ1) is 19.0. The van der Waals surface area contributed by atoms with Gasteiger partial charge in [0.25, 0.3) is 5.91 Å². The van der Waals surface area contributed by atoms with Crippen LogP contribution < -0.4 is 15.4 Å². The molecule has 2 rings (SSSR count). The quantitative estimate of drug-likeness (QED) is 0.802. The van der Waals surface area contributed by atoms with Crippen LogP contribution in [0.4, 0.5) is 5.69 Å². The molecule has 6 nitrogen and oxygen atoms in total. The fraction of sp³-hybridized carbons (Fsp3) is 0.250. The minimum atomic E-state index is -0.244. The van der Waals surface area contributed by atoms with Gasteiger partial charge >= 0.3 is 0 Å². The molecule has 2 amide bonds. The summed E-state index contributed by atoms with van der Waals surface area (Å²) in [6.07, 6.45) is 0. The molecule has 0 fully saturated rings. The molecule has 0 aliphatic carbocycles. The summed E-state index contributed by atoms with van der Waals surface area (Å²) in [6.45, 7) is 3.93. The number of anilines is 1. The third-order valence-corrected chi connectivity index (χ3v) is 3.59. The monoisotopic (exact) mass is 351 g/mol. The smallest absolute Gasteiger partial charge is 0.258 e. The van der Waals surface area contributed by atoms with Crippen molar-refractivity contribution in [2.24, 2.45) is 5.92 Å². The number of hydrogen-bond donors (Lipinski definition) is 2. The van der Waals surface area contributed by atoms with Gasteiger partial charge in [-0.05, 0) is 42.0 Å². The summed E-state index contributed by atoms with van der Waals surface area (Å²) >= 11 is 0. The molecule has 0 atom stereocenters. The molecular weight excluding hydrogens is 330 g/mol. The molecule has 26 heavy (non-hydrogen) atoms. The largest absolute Gasteiger partial charge is 0.484 e. The van der Waals surface area contributed by atoms with Crippen LogP contribution in [0.2, 0.25) is 0 Å². The molecule has 2 aromatic carbocycles. The van der Waals surface area contributed by atoms with E-state index in [-0.39, 0.29) is 24.3 Å². The van der Waals surface area contributed by atoms with Crippen molar-refractivity contribution in [1.82, 2.24) is 5.32 Å². The average molecular weight is 351 g/mol. The molecule has 0 aliphatic rings. The summed E-state index contributed by atoms with van der Waals surface area (Å²) in [6, 6.07) is 15.9. The highest BCUT2D eigenvalue weighted by Crippen LogP contribution is 2.12. The predicted octanol–water partition coefficient (Wildman–Crippen LogP) is 2.85. The van der Waals surface area contributed by atoms with E-state index >= 15 is 0 Å². The lowest BCUT2D eigenvalue weighted by atomic mass is 10.1. The number of nitrogens with zero attached hydrogens (tertiary/aromatic N) is 1. The van der Waals surface area contributed by atoms with Crippen LogP contribution in [0.3, 0.4) is 0 Å². The van der Waals surface area contributed by atoms with Gasteiger partial charge in [0, 0.05) is 18.2 Å². The Bertz CT molecular complexity index is 791. The summed E-state index contributed by atoms with van der Waals surface area (Å²) in [5, 5.41) is 14.3. The van der Waals surface area contributed by atoms with Gasteiger partial charge < -0.3 is 15.4 Å². The van der Waals surface area contributed by atoms with Crippen LogP contribution in [0.5, 0.6) is 5.75 Å². The molecule has 0 radical (unpaired) electrons. The van der Waals surface area contributed by atoms with Crippen LogP contribution in [0.1, 0.15) is 25.0 Å². The predicted molar refractivity (Wildman–Crippen MR) is 98.4 cm³/mol. The number of amides is 2. The first-order valence-electron chi connectivity index (χ1n) is 8.27. The maximum Gasteiger partial charge on any atom is 0.258 e. The van der Waals surface area contributed by atoms with Crippen LogP contribution >= 0.6 is 0 Å². The second-order valence-corrected chi connectivity index (χ2v) is 6.04. The van der Waals surface area contributed by atoms with Crippen molar-refractivity contribution in [1.29, 1.82) is 5.26 Å². The molecule has 0 bridgehead atoms. The van der Waals surface area contributed by atoms with Crippen LogP contribution in [-0.4, -0.2) is 18.4 Å². The molecule has 6 heteroatoms. The fourth-order valence-corrected chi connectivity index (χ4v) is 2.02. The molecule has 2 N–H and O–H groups in total. The average Bonchev–Trinajstić information content (AvgIpc) is 2.66. The molecule has 0 aliphatic heterocycles. The minimum absolute atomic E-state index is 0.0361. The molecule has 0 aromatic heterocycles. The molecule has 134 valence electrons. The van der Waals surface area contributed by atoms with Crippen molar-refractivity contribution in [3.8, 4) is 11.8 Å². The van der Waals surface area contributed by atoms with Crippen LogP contribution in [0.25, 0.3) is 0 Å². The standard InChI is InChI=1S/C20H21N3O3/c1-14(2)20(25)23-17-7-3-16(4-8-17)12-22-19(24)13-26-18-9-5-15(11-21)6-10-18/h3-10,14H,12-13H2,1-2H3,(H,22,24)(H,23,25). The Balaban J connectivity index is 1.76. The highest BCUT2D eigenvalue weighted by Gasteiger charge is 2.07. The highest BCUT2D eigenvalue weighted by atomic mass is 16.5. The molecule has 0 spiro atoms. The topological polar surface area (TPSA) is 91.2 Å². The number of rotatable bonds is 7. The lowest BCUT2D eigenvalue weighted by Crippen LogP contribution is -2.28. The number of carbonyl (C=O) groups is 2. The van der Waals surface area contributed by atoms with Gasteiger partial charge in [0.15, 0.2) is 6.61 Å². The van der Waals surface area contributed by atoms with Gasteiger partial charge in [0.2, 0.25) is 5.91 Å². The van der Waals surface area contributed by atoms with Gasteiger partial charge in [-0.25, -0.2) is 0 Å². The number of nitriles is 1. The third kappa shape index (κ3) is 5.95. The van der Waals surface area contributed by atoms with E-state index < -0.39 is 0 Å². The van der Waals surface area contributed by atoms with E-state index in [1.54, 1.807) is 36.4 Å². The van der Waals surface area contributed by atoms with Gasteiger partial charge in [0.1, 0.15) is 5.75 Å². The Morgan fingerprint density at radius 3 is 2.31 bits per heavy atom. The normalized spacial score (nSPS) is 10.1. The van der Waals surface area contributed by atoms with Crippen molar-refractivity contribution in [2.75, 3.05) is 11.9 Å². The summed E-state index contributed by atoms with van der Waals surface area (Å²) < 4.78 is 5.37. The van der Waals surface area contributed by atoms with Crippen molar-refractivity contribution in [2.45, 2.75) is 20.4 Å². The van der Waals surface area contributed by atoms with Gasteiger partial charge in [-0.2, -0.15) is 5.26 Å². The second-order valence-electron chi connectivity index (χ2n) is 6.04. The number of hydrogen-bond acceptors (Lipinski definition) is 4. The number of nitrogens with one attached hydrogen (secondary N) is 2. The molecule has 2 aromatic rings. The third-order valence-electron chi connectivity index (χ3n) is 3.59. The van der Waals surface area contributed by atoms with Crippen molar-refractivity contribution in [3.63, 3.8) is 0 Å². The Morgan fingerprint density at radius 2 is 1.73 bits per heavy atom.